The first kappa shape index (κ1) is 17.4. The second-order valence-electron chi connectivity index (χ2n) is 8.19. The number of rotatable bonds is 4. The third kappa shape index (κ3) is 3.54. The Kier molecular flexibility index (Phi) is 4.61. The minimum atomic E-state index is 0.192. The normalized spacial score (nSPS) is 22.5. The summed E-state index contributed by atoms with van der Waals surface area (Å²) in [6, 6.07) is 19.1. The quantitative estimate of drug-likeness (QED) is 0.763. The molecule has 28 heavy (non-hydrogen) atoms. The van der Waals surface area contributed by atoms with Crippen LogP contribution in [0.25, 0.3) is 11.0 Å². The smallest absolute Gasteiger partial charge is 0.230 e. The third-order valence-corrected chi connectivity index (χ3v) is 6.17. The molecule has 2 aromatic carbocycles. The van der Waals surface area contributed by atoms with Gasteiger partial charge in [0.05, 0.1) is 17.5 Å². The first-order valence-electron chi connectivity index (χ1n) is 10.2. The van der Waals surface area contributed by atoms with Crippen LogP contribution in [0.2, 0.25) is 0 Å². The molecule has 3 saturated heterocycles. The highest BCUT2D eigenvalue weighted by atomic mass is 16.2. The lowest BCUT2D eigenvalue weighted by Gasteiger charge is -2.36. The van der Waals surface area contributed by atoms with E-state index in [9.17, 15) is 4.79 Å². The molecule has 0 spiro atoms. The standard InChI is InChI=1S/C23H26N4O/c28-23(12-22-24-20-8-4-5-9-21(20)25-22)27-15-18-10-11-19(16-27)26(14-18)13-17-6-2-1-3-7-17/h1-9,18-19H,10-16H2,(H,24,25)/t18-,19-/m1/s1. The van der Waals surface area contributed by atoms with E-state index in [0.717, 1.165) is 43.0 Å². The van der Waals surface area contributed by atoms with E-state index in [1.54, 1.807) is 0 Å². The van der Waals surface area contributed by atoms with Crippen molar-refractivity contribution in [2.24, 2.45) is 5.92 Å². The van der Waals surface area contributed by atoms with Gasteiger partial charge in [-0.25, -0.2) is 4.98 Å². The molecule has 1 amide bonds. The summed E-state index contributed by atoms with van der Waals surface area (Å²) in [5.74, 6) is 1.53. The van der Waals surface area contributed by atoms with E-state index < -0.39 is 0 Å². The van der Waals surface area contributed by atoms with Crippen LogP contribution < -0.4 is 0 Å². The van der Waals surface area contributed by atoms with E-state index >= 15 is 0 Å². The number of hydrogen-bond acceptors (Lipinski definition) is 3. The van der Waals surface area contributed by atoms with Gasteiger partial charge in [0.25, 0.3) is 0 Å². The molecule has 1 N–H and O–H groups in total. The van der Waals surface area contributed by atoms with Crippen molar-refractivity contribution in [1.29, 1.82) is 0 Å². The minimum Gasteiger partial charge on any atom is -0.342 e. The fraction of sp³-hybridized carbons (Fsp3) is 0.391. The Bertz CT molecular complexity index is 934. The summed E-state index contributed by atoms with van der Waals surface area (Å²) in [7, 11) is 0. The molecule has 3 aliphatic rings. The van der Waals surface area contributed by atoms with Gasteiger partial charge in [-0.15, -0.1) is 0 Å². The van der Waals surface area contributed by atoms with Crippen LogP contribution in [0, 0.1) is 5.92 Å². The summed E-state index contributed by atoms with van der Waals surface area (Å²) in [5.41, 5.74) is 3.28. The molecule has 3 fully saturated rings. The molecule has 144 valence electrons. The number of amides is 1. The molecule has 0 unspecified atom stereocenters. The number of aromatic amines is 1. The fourth-order valence-corrected chi connectivity index (χ4v) is 4.74. The lowest BCUT2D eigenvalue weighted by molar-refractivity contribution is -0.131. The number of imidazole rings is 1. The summed E-state index contributed by atoms with van der Waals surface area (Å²) in [6.45, 7) is 3.78. The second-order valence-corrected chi connectivity index (χ2v) is 8.19. The van der Waals surface area contributed by atoms with Crippen molar-refractivity contribution in [3.8, 4) is 0 Å². The molecule has 1 aromatic heterocycles. The van der Waals surface area contributed by atoms with E-state index in [4.69, 9.17) is 0 Å². The summed E-state index contributed by atoms with van der Waals surface area (Å²) in [4.78, 5) is 25.6. The zero-order chi connectivity index (χ0) is 18.9. The number of fused-ring (bicyclic) bond motifs is 5. The number of piperidine rings is 1. The number of nitrogens with one attached hydrogen (secondary N) is 1. The number of benzene rings is 2. The van der Waals surface area contributed by atoms with Gasteiger partial charge >= 0.3 is 0 Å². The minimum absolute atomic E-state index is 0.192. The van der Waals surface area contributed by atoms with Crippen LogP contribution in [-0.4, -0.2) is 51.4 Å². The van der Waals surface area contributed by atoms with Crippen LogP contribution in [0.15, 0.2) is 54.6 Å². The van der Waals surface area contributed by atoms with E-state index in [1.165, 1.54) is 18.4 Å². The Balaban J connectivity index is 1.28. The SMILES string of the molecule is O=C(Cc1nc2ccccc2[nH]1)N1C[C@@H]2CC[C@H](C1)N(Cc1ccccc1)C2. The zero-order valence-corrected chi connectivity index (χ0v) is 16.1. The lowest BCUT2D eigenvalue weighted by atomic mass is 9.94. The highest BCUT2D eigenvalue weighted by Crippen LogP contribution is 2.29. The van der Waals surface area contributed by atoms with E-state index in [1.807, 2.05) is 24.3 Å². The van der Waals surface area contributed by atoms with Crippen molar-refractivity contribution in [2.45, 2.75) is 31.8 Å². The van der Waals surface area contributed by atoms with Gasteiger partial charge in [-0.2, -0.15) is 0 Å². The van der Waals surface area contributed by atoms with Gasteiger partial charge in [0, 0.05) is 32.2 Å². The average molecular weight is 374 g/mol. The largest absolute Gasteiger partial charge is 0.342 e. The van der Waals surface area contributed by atoms with E-state index in [0.29, 0.717) is 18.4 Å². The highest BCUT2D eigenvalue weighted by molar-refractivity contribution is 5.80. The first-order valence-corrected chi connectivity index (χ1v) is 10.2. The fourth-order valence-electron chi connectivity index (χ4n) is 4.74. The van der Waals surface area contributed by atoms with Gasteiger partial charge < -0.3 is 9.88 Å². The third-order valence-electron chi connectivity index (χ3n) is 6.17. The molecule has 2 bridgehead atoms. The Morgan fingerprint density at radius 3 is 2.68 bits per heavy atom. The Morgan fingerprint density at radius 2 is 1.82 bits per heavy atom. The molecule has 5 nitrogen and oxygen atoms in total. The molecular formula is C23H26N4O. The number of nitrogens with zero attached hydrogens (tertiary/aromatic N) is 3. The second kappa shape index (κ2) is 7.40. The number of aromatic nitrogens is 2. The molecule has 3 aliphatic heterocycles. The van der Waals surface area contributed by atoms with Crippen LogP contribution in [-0.2, 0) is 17.8 Å². The van der Waals surface area contributed by atoms with Gasteiger partial charge in [-0.05, 0) is 36.5 Å². The lowest BCUT2D eigenvalue weighted by Crippen LogP contribution is -2.44. The Labute approximate surface area is 165 Å². The molecule has 0 radical (unpaired) electrons. The topological polar surface area (TPSA) is 52.2 Å². The molecule has 3 aromatic rings. The molecule has 5 heteroatoms. The predicted molar refractivity (Wildman–Crippen MR) is 110 cm³/mol. The summed E-state index contributed by atoms with van der Waals surface area (Å²) in [5, 5.41) is 0. The highest BCUT2D eigenvalue weighted by Gasteiger charge is 2.36. The van der Waals surface area contributed by atoms with E-state index in [-0.39, 0.29) is 5.91 Å². The average Bonchev–Trinajstić information content (AvgIpc) is 2.89. The Hall–Kier alpha value is -2.66. The van der Waals surface area contributed by atoms with Crippen molar-refractivity contribution in [3.63, 3.8) is 0 Å². The maximum Gasteiger partial charge on any atom is 0.230 e. The molecule has 2 atom stereocenters. The van der Waals surface area contributed by atoms with Gasteiger partial charge in [-0.3, -0.25) is 9.69 Å². The van der Waals surface area contributed by atoms with Crippen LogP contribution in [0.4, 0.5) is 0 Å². The van der Waals surface area contributed by atoms with Gasteiger partial charge in [0.2, 0.25) is 5.91 Å². The molecule has 6 rings (SSSR count). The maximum absolute atomic E-state index is 13.0. The number of carbonyl (C=O) groups excluding carboxylic acids is 1. The first-order chi connectivity index (χ1) is 13.7. The number of carbonyl (C=O) groups is 1. The van der Waals surface area contributed by atoms with Gasteiger partial charge in [0.1, 0.15) is 5.82 Å². The number of H-pyrrole nitrogens is 1. The van der Waals surface area contributed by atoms with Crippen LogP contribution in [0.1, 0.15) is 24.2 Å². The zero-order valence-electron chi connectivity index (χ0n) is 16.1. The van der Waals surface area contributed by atoms with Crippen molar-refractivity contribution in [3.05, 3.63) is 66.0 Å². The monoisotopic (exact) mass is 374 g/mol. The van der Waals surface area contributed by atoms with Crippen LogP contribution in [0.3, 0.4) is 0 Å². The maximum atomic E-state index is 13.0. The van der Waals surface area contributed by atoms with Crippen molar-refractivity contribution in [2.75, 3.05) is 19.6 Å². The van der Waals surface area contributed by atoms with Crippen molar-refractivity contribution in [1.82, 2.24) is 19.8 Å². The summed E-state index contributed by atoms with van der Waals surface area (Å²) < 4.78 is 0. The molecular weight excluding hydrogens is 348 g/mol. The Morgan fingerprint density at radius 1 is 1.00 bits per heavy atom. The predicted octanol–water partition coefficient (Wildman–Crippen LogP) is 3.23. The summed E-state index contributed by atoms with van der Waals surface area (Å²) in [6.07, 6.45) is 2.77. The summed E-state index contributed by atoms with van der Waals surface area (Å²) >= 11 is 0. The molecule has 0 aliphatic carbocycles. The molecule has 4 heterocycles. The van der Waals surface area contributed by atoms with E-state index in [2.05, 4.69) is 50.1 Å². The number of para-hydroxylation sites is 2. The number of hydrogen-bond donors (Lipinski definition) is 1. The van der Waals surface area contributed by atoms with Gasteiger partial charge in [-0.1, -0.05) is 42.5 Å². The van der Waals surface area contributed by atoms with Gasteiger partial charge in [0.15, 0.2) is 0 Å². The van der Waals surface area contributed by atoms with Crippen molar-refractivity contribution < 1.29 is 4.79 Å². The van der Waals surface area contributed by atoms with Crippen LogP contribution in [0.5, 0.6) is 0 Å². The van der Waals surface area contributed by atoms with Crippen LogP contribution >= 0.6 is 0 Å². The molecule has 0 saturated carbocycles. The van der Waals surface area contributed by atoms with Crippen molar-refractivity contribution >= 4 is 16.9 Å².